The van der Waals surface area contributed by atoms with Crippen LogP contribution in [0.4, 0.5) is 0 Å². The molecule has 0 spiro atoms. The number of fused-ring (bicyclic) bond motifs is 1. The Bertz CT molecular complexity index is 328. The van der Waals surface area contributed by atoms with Crippen LogP contribution in [0, 0.1) is 23.7 Å². The first-order valence-corrected chi connectivity index (χ1v) is 6.84. The molecule has 2 rings (SSSR count). The fourth-order valence-corrected chi connectivity index (χ4v) is 3.82. The summed E-state index contributed by atoms with van der Waals surface area (Å²) in [6.45, 7) is 6.48. The van der Waals surface area contributed by atoms with E-state index in [1.807, 2.05) is 6.92 Å². The maximum atomic E-state index is 10.9. The molecule has 0 aromatic rings. The van der Waals surface area contributed by atoms with Crippen LogP contribution in [0.3, 0.4) is 0 Å². The van der Waals surface area contributed by atoms with Crippen molar-refractivity contribution in [2.45, 2.75) is 52.1 Å². The van der Waals surface area contributed by atoms with Gasteiger partial charge in [0.25, 0.3) is 0 Å². The van der Waals surface area contributed by atoms with Crippen LogP contribution in [-0.4, -0.2) is 17.0 Å². The van der Waals surface area contributed by atoms with Gasteiger partial charge < -0.3 is 5.11 Å². The Morgan fingerprint density at radius 1 is 1.47 bits per heavy atom. The lowest BCUT2D eigenvalue weighted by atomic mass is 9.58. The second-order valence-electron chi connectivity index (χ2n) is 6.39. The first-order chi connectivity index (χ1) is 7.95. The molecule has 2 aliphatic rings. The lowest BCUT2D eigenvalue weighted by molar-refractivity contribution is -0.106. The first-order valence-electron chi connectivity index (χ1n) is 6.84. The predicted molar refractivity (Wildman–Crippen MR) is 68.5 cm³/mol. The van der Waals surface area contributed by atoms with E-state index in [9.17, 15) is 9.90 Å². The van der Waals surface area contributed by atoms with Crippen LogP contribution in [0.5, 0.6) is 0 Å². The zero-order chi connectivity index (χ0) is 12.6. The average molecular weight is 236 g/mol. The van der Waals surface area contributed by atoms with Crippen molar-refractivity contribution in [2.75, 3.05) is 0 Å². The fourth-order valence-electron chi connectivity index (χ4n) is 3.82. The van der Waals surface area contributed by atoms with Crippen LogP contribution in [0.15, 0.2) is 11.6 Å². The van der Waals surface area contributed by atoms with Crippen molar-refractivity contribution in [3.05, 3.63) is 11.6 Å². The summed E-state index contributed by atoms with van der Waals surface area (Å²) in [5, 5.41) is 10.5. The van der Waals surface area contributed by atoms with E-state index in [2.05, 4.69) is 19.9 Å². The maximum absolute atomic E-state index is 10.9. The van der Waals surface area contributed by atoms with Gasteiger partial charge in [-0.25, -0.2) is 0 Å². The van der Waals surface area contributed by atoms with Gasteiger partial charge in [-0.05, 0) is 61.9 Å². The molecule has 0 bridgehead atoms. The van der Waals surface area contributed by atoms with Crippen LogP contribution in [0.2, 0.25) is 0 Å². The molecule has 1 fully saturated rings. The molecule has 0 aromatic carbocycles. The minimum atomic E-state index is -0.541. The van der Waals surface area contributed by atoms with Crippen molar-refractivity contribution < 1.29 is 9.90 Å². The normalized spacial score (nSPS) is 41.9. The third kappa shape index (κ3) is 2.33. The SMILES string of the molecule is CC(C)[C@@H]1CC[C@](C)(O)[C@@H]2CCC(C=O)=C[C@H]21. The zero-order valence-electron chi connectivity index (χ0n) is 11.1. The van der Waals surface area contributed by atoms with Gasteiger partial charge in [0.05, 0.1) is 5.60 Å². The van der Waals surface area contributed by atoms with Gasteiger partial charge in [-0.2, -0.15) is 0 Å². The standard InChI is InChI=1S/C15H24O2/c1-10(2)12-6-7-15(3,17)14-5-4-11(9-16)8-13(12)14/h8-10,12-14,17H,4-7H2,1-3H3/t12-,13-,14+,15-/m0/s1. The van der Waals surface area contributed by atoms with Crippen LogP contribution in [0.25, 0.3) is 0 Å². The number of allylic oxidation sites excluding steroid dienone is 2. The molecule has 0 amide bonds. The van der Waals surface area contributed by atoms with E-state index in [1.54, 1.807) is 0 Å². The Morgan fingerprint density at radius 2 is 2.18 bits per heavy atom. The van der Waals surface area contributed by atoms with Crippen molar-refractivity contribution in [1.82, 2.24) is 0 Å². The molecule has 2 heteroatoms. The molecule has 0 radical (unpaired) electrons. The van der Waals surface area contributed by atoms with E-state index in [1.165, 1.54) is 0 Å². The summed E-state index contributed by atoms with van der Waals surface area (Å²) in [5.41, 5.74) is 0.399. The molecule has 0 unspecified atom stereocenters. The molecule has 0 heterocycles. The second kappa shape index (κ2) is 4.56. The Kier molecular flexibility index (Phi) is 3.44. The Balaban J connectivity index is 2.30. The second-order valence-corrected chi connectivity index (χ2v) is 6.39. The first kappa shape index (κ1) is 12.8. The van der Waals surface area contributed by atoms with Gasteiger partial charge >= 0.3 is 0 Å². The summed E-state index contributed by atoms with van der Waals surface area (Å²) in [5.74, 6) is 1.98. The van der Waals surface area contributed by atoms with Crippen molar-refractivity contribution >= 4 is 6.29 Å². The summed E-state index contributed by atoms with van der Waals surface area (Å²) in [4.78, 5) is 10.9. The highest BCUT2D eigenvalue weighted by molar-refractivity contribution is 5.73. The summed E-state index contributed by atoms with van der Waals surface area (Å²) in [6.07, 6.45) is 6.93. The molecule has 1 saturated carbocycles. The molecule has 0 aromatic heterocycles. The zero-order valence-corrected chi connectivity index (χ0v) is 11.1. The minimum absolute atomic E-state index is 0.340. The van der Waals surface area contributed by atoms with Gasteiger partial charge in [0, 0.05) is 0 Å². The van der Waals surface area contributed by atoms with Crippen molar-refractivity contribution in [2.24, 2.45) is 23.7 Å². The molecular formula is C15H24O2. The van der Waals surface area contributed by atoms with Gasteiger partial charge in [0.15, 0.2) is 0 Å². The molecule has 0 aliphatic heterocycles. The summed E-state index contributed by atoms with van der Waals surface area (Å²) in [6, 6.07) is 0. The Labute approximate surface area is 104 Å². The van der Waals surface area contributed by atoms with Crippen molar-refractivity contribution in [3.63, 3.8) is 0 Å². The average Bonchev–Trinajstić information content (AvgIpc) is 2.27. The Morgan fingerprint density at radius 3 is 2.76 bits per heavy atom. The third-order valence-corrected chi connectivity index (χ3v) is 4.90. The molecular weight excluding hydrogens is 212 g/mol. The van der Waals surface area contributed by atoms with Gasteiger partial charge in [-0.15, -0.1) is 0 Å². The topological polar surface area (TPSA) is 37.3 Å². The Hall–Kier alpha value is -0.630. The molecule has 2 aliphatic carbocycles. The monoisotopic (exact) mass is 236 g/mol. The summed E-state index contributed by atoms with van der Waals surface area (Å²) >= 11 is 0. The summed E-state index contributed by atoms with van der Waals surface area (Å²) < 4.78 is 0. The van der Waals surface area contributed by atoms with E-state index in [0.29, 0.717) is 23.7 Å². The smallest absolute Gasteiger partial charge is 0.145 e. The van der Waals surface area contributed by atoms with Crippen molar-refractivity contribution in [1.29, 1.82) is 0 Å². The van der Waals surface area contributed by atoms with Crippen LogP contribution in [0.1, 0.15) is 46.5 Å². The van der Waals surface area contributed by atoms with E-state index in [4.69, 9.17) is 0 Å². The molecule has 2 nitrogen and oxygen atoms in total. The number of rotatable bonds is 2. The van der Waals surface area contributed by atoms with Crippen molar-refractivity contribution in [3.8, 4) is 0 Å². The number of aldehydes is 1. The van der Waals surface area contributed by atoms with Crippen LogP contribution in [-0.2, 0) is 4.79 Å². The number of hydrogen-bond donors (Lipinski definition) is 1. The largest absolute Gasteiger partial charge is 0.390 e. The van der Waals surface area contributed by atoms with E-state index >= 15 is 0 Å². The number of hydrogen-bond acceptors (Lipinski definition) is 2. The third-order valence-electron chi connectivity index (χ3n) is 4.90. The van der Waals surface area contributed by atoms with E-state index in [0.717, 1.165) is 37.5 Å². The van der Waals surface area contributed by atoms with E-state index < -0.39 is 5.60 Å². The molecule has 96 valence electrons. The van der Waals surface area contributed by atoms with Gasteiger partial charge in [-0.3, -0.25) is 4.79 Å². The van der Waals surface area contributed by atoms with Gasteiger partial charge in [-0.1, -0.05) is 19.9 Å². The number of aliphatic hydroxyl groups is 1. The minimum Gasteiger partial charge on any atom is -0.390 e. The highest BCUT2D eigenvalue weighted by Gasteiger charge is 2.46. The molecule has 4 atom stereocenters. The van der Waals surface area contributed by atoms with Gasteiger partial charge in [0.1, 0.15) is 6.29 Å². The number of carbonyl (C=O) groups excluding carboxylic acids is 1. The highest BCUT2D eigenvalue weighted by Crippen LogP contribution is 2.49. The quantitative estimate of drug-likeness (QED) is 0.748. The van der Waals surface area contributed by atoms with E-state index in [-0.39, 0.29) is 0 Å². The number of carbonyl (C=O) groups is 1. The van der Waals surface area contributed by atoms with Gasteiger partial charge in [0.2, 0.25) is 0 Å². The maximum Gasteiger partial charge on any atom is 0.145 e. The predicted octanol–water partition coefficient (Wildman–Crippen LogP) is 2.95. The lowest BCUT2D eigenvalue weighted by Crippen LogP contribution is -2.48. The van der Waals surface area contributed by atoms with Crippen LogP contribution >= 0.6 is 0 Å². The highest BCUT2D eigenvalue weighted by atomic mass is 16.3. The molecule has 1 N–H and O–H groups in total. The fraction of sp³-hybridized carbons (Fsp3) is 0.800. The summed E-state index contributed by atoms with van der Waals surface area (Å²) in [7, 11) is 0. The molecule has 0 saturated heterocycles. The lowest BCUT2D eigenvalue weighted by Gasteiger charge is -2.49. The molecule has 17 heavy (non-hydrogen) atoms. The van der Waals surface area contributed by atoms with Crippen LogP contribution < -0.4 is 0 Å².